The molecule has 0 radical (unpaired) electrons. The van der Waals surface area contributed by atoms with Crippen LogP contribution in [-0.4, -0.2) is 11.0 Å². The van der Waals surface area contributed by atoms with Gasteiger partial charge in [0.1, 0.15) is 5.67 Å². The Morgan fingerprint density at radius 2 is 2.06 bits per heavy atom. The highest BCUT2D eigenvalue weighted by Crippen LogP contribution is 2.46. The molecule has 1 aromatic carbocycles. The number of benzene rings is 1. The minimum absolute atomic E-state index is 0.00284. The van der Waals surface area contributed by atoms with E-state index < -0.39 is 5.67 Å². The Morgan fingerprint density at radius 3 is 2.81 bits per heavy atom. The van der Waals surface area contributed by atoms with Gasteiger partial charge < -0.3 is 5.73 Å². The molecule has 2 N–H and O–H groups in total. The SMILES string of the molecule is NC1CC(F)(c2cccc3ncccc23)C1. The predicted molar refractivity (Wildman–Crippen MR) is 61.7 cm³/mol. The molecule has 82 valence electrons. The highest BCUT2D eigenvalue weighted by atomic mass is 19.1. The normalized spacial score (nSPS) is 29.0. The Balaban J connectivity index is 2.17. The summed E-state index contributed by atoms with van der Waals surface area (Å²) in [5.41, 5.74) is 6.01. The second-order valence-corrected chi connectivity index (χ2v) is 4.51. The van der Waals surface area contributed by atoms with Gasteiger partial charge in [-0.25, -0.2) is 4.39 Å². The third-order valence-electron chi connectivity index (χ3n) is 3.30. The van der Waals surface area contributed by atoms with Gasteiger partial charge in [-0.3, -0.25) is 4.98 Å². The molecular formula is C13H13FN2. The van der Waals surface area contributed by atoms with Crippen LogP contribution < -0.4 is 5.73 Å². The van der Waals surface area contributed by atoms with Crippen molar-refractivity contribution in [3.8, 4) is 0 Å². The van der Waals surface area contributed by atoms with Crippen LogP contribution in [0.5, 0.6) is 0 Å². The maximum Gasteiger partial charge on any atom is 0.139 e. The molecule has 1 aliphatic carbocycles. The Bertz CT molecular complexity index is 527. The van der Waals surface area contributed by atoms with Gasteiger partial charge in [-0.05, 0) is 17.7 Å². The molecule has 1 aliphatic rings. The van der Waals surface area contributed by atoms with Gasteiger partial charge in [0, 0.05) is 30.5 Å². The summed E-state index contributed by atoms with van der Waals surface area (Å²) in [6, 6.07) is 9.36. The lowest BCUT2D eigenvalue weighted by Crippen LogP contribution is -2.46. The van der Waals surface area contributed by atoms with E-state index in [9.17, 15) is 4.39 Å². The molecule has 2 aromatic rings. The molecule has 0 amide bonds. The van der Waals surface area contributed by atoms with Crippen molar-refractivity contribution >= 4 is 10.9 Å². The number of halogens is 1. The maximum atomic E-state index is 14.5. The molecule has 0 bridgehead atoms. The van der Waals surface area contributed by atoms with Crippen molar-refractivity contribution in [3.63, 3.8) is 0 Å². The number of hydrogen-bond acceptors (Lipinski definition) is 2. The molecule has 1 fully saturated rings. The second kappa shape index (κ2) is 3.25. The Kier molecular flexibility index (Phi) is 1.98. The van der Waals surface area contributed by atoms with E-state index in [1.165, 1.54) is 0 Å². The van der Waals surface area contributed by atoms with Crippen LogP contribution in [0.15, 0.2) is 36.5 Å². The standard InChI is InChI=1S/C13H13FN2/c14-13(7-9(15)8-13)11-4-1-5-12-10(11)3-2-6-16-12/h1-6,9H,7-8,15H2. The fourth-order valence-corrected chi connectivity index (χ4v) is 2.49. The first-order valence-corrected chi connectivity index (χ1v) is 5.48. The molecule has 3 rings (SSSR count). The van der Waals surface area contributed by atoms with Gasteiger partial charge in [0.25, 0.3) is 0 Å². The predicted octanol–water partition coefficient (Wildman–Crippen LogP) is 2.52. The minimum Gasteiger partial charge on any atom is -0.327 e. The lowest BCUT2D eigenvalue weighted by molar-refractivity contribution is 0.0421. The van der Waals surface area contributed by atoms with E-state index in [0.717, 1.165) is 16.5 Å². The number of hydrogen-bond donors (Lipinski definition) is 1. The molecule has 16 heavy (non-hydrogen) atoms. The molecule has 0 unspecified atom stereocenters. The molecule has 3 heteroatoms. The van der Waals surface area contributed by atoms with Crippen molar-refractivity contribution in [2.75, 3.05) is 0 Å². The van der Waals surface area contributed by atoms with Crippen molar-refractivity contribution in [1.29, 1.82) is 0 Å². The van der Waals surface area contributed by atoms with Gasteiger partial charge >= 0.3 is 0 Å². The highest BCUT2D eigenvalue weighted by Gasteiger charge is 2.45. The van der Waals surface area contributed by atoms with E-state index in [1.807, 2.05) is 30.3 Å². The molecule has 2 nitrogen and oxygen atoms in total. The number of nitrogens with zero attached hydrogens (tertiary/aromatic N) is 1. The second-order valence-electron chi connectivity index (χ2n) is 4.51. The molecule has 0 spiro atoms. The fourth-order valence-electron chi connectivity index (χ4n) is 2.49. The van der Waals surface area contributed by atoms with Crippen LogP contribution in [0.3, 0.4) is 0 Å². The number of pyridine rings is 1. The van der Waals surface area contributed by atoms with Gasteiger partial charge in [0.15, 0.2) is 0 Å². The summed E-state index contributed by atoms with van der Waals surface area (Å²) in [6.45, 7) is 0. The first kappa shape index (κ1) is 9.73. The first-order chi connectivity index (χ1) is 7.69. The van der Waals surface area contributed by atoms with Crippen LogP contribution in [0.1, 0.15) is 18.4 Å². The number of nitrogens with two attached hydrogens (primary N) is 1. The monoisotopic (exact) mass is 216 g/mol. The minimum atomic E-state index is -1.25. The van der Waals surface area contributed by atoms with E-state index in [1.54, 1.807) is 6.20 Å². The zero-order valence-electron chi connectivity index (χ0n) is 8.86. The van der Waals surface area contributed by atoms with Crippen LogP contribution in [0.4, 0.5) is 4.39 Å². The largest absolute Gasteiger partial charge is 0.327 e. The summed E-state index contributed by atoms with van der Waals surface area (Å²) in [7, 11) is 0. The van der Waals surface area contributed by atoms with Crippen molar-refractivity contribution < 1.29 is 4.39 Å². The average Bonchev–Trinajstić information content (AvgIpc) is 2.26. The molecule has 0 atom stereocenters. The van der Waals surface area contributed by atoms with E-state index in [0.29, 0.717) is 12.8 Å². The zero-order valence-corrected chi connectivity index (χ0v) is 8.86. The number of aromatic nitrogens is 1. The summed E-state index contributed by atoms with van der Waals surface area (Å²) < 4.78 is 14.5. The van der Waals surface area contributed by atoms with Gasteiger partial charge in [0.2, 0.25) is 0 Å². The Hall–Kier alpha value is -1.48. The van der Waals surface area contributed by atoms with Crippen LogP contribution in [0, 0.1) is 0 Å². The smallest absolute Gasteiger partial charge is 0.139 e. The molecule has 1 aromatic heterocycles. The van der Waals surface area contributed by atoms with Crippen molar-refractivity contribution in [2.24, 2.45) is 5.73 Å². The quantitative estimate of drug-likeness (QED) is 0.795. The number of alkyl halides is 1. The van der Waals surface area contributed by atoms with Crippen LogP contribution >= 0.6 is 0 Å². The molecular weight excluding hydrogens is 203 g/mol. The van der Waals surface area contributed by atoms with E-state index in [2.05, 4.69) is 4.98 Å². The van der Waals surface area contributed by atoms with Crippen LogP contribution in [0.2, 0.25) is 0 Å². The number of fused-ring (bicyclic) bond motifs is 1. The summed E-state index contributed by atoms with van der Waals surface area (Å²) in [5, 5.41) is 0.902. The van der Waals surface area contributed by atoms with Crippen molar-refractivity contribution in [1.82, 2.24) is 4.98 Å². The van der Waals surface area contributed by atoms with Gasteiger partial charge in [-0.2, -0.15) is 0 Å². The Labute approximate surface area is 93.3 Å². The van der Waals surface area contributed by atoms with Crippen molar-refractivity contribution in [2.45, 2.75) is 24.6 Å². The summed E-state index contributed by atoms with van der Waals surface area (Å²) in [5.74, 6) is 0. The maximum absolute atomic E-state index is 14.5. The summed E-state index contributed by atoms with van der Waals surface area (Å²) >= 11 is 0. The molecule has 0 saturated heterocycles. The van der Waals surface area contributed by atoms with E-state index >= 15 is 0 Å². The number of rotatable bonds is 1. The van der Waals surface area contributed by atoms with Gasteiger partial charge in [-0.1, -0.05) is 18.2 Å². The third-order valence-corrected chi connectivity index (χ3v) is 3.30. The lowest BCUT2D eigenvalue weighted by atomic mass is 9.72. The van der Waals surface area contributed by atoms with Crippen LogP contribution in [0.25, 0.3) is 10.9 Å². The molecule has 1 heterocycles. The molecule has 0 aliphatic heterocycles. The van der Waals surface area contributed by atoms with Gasteiger partial charge in [-0.15, -0.1) is 0 Å². The third kappa shape index (κ3) is 1.32. The van der Waals surface area contributed by atoms with Gasteiger partial charge in [0.05, 0.1) is 5.52 Å². The fraction of sp³-hybridized carbons (Fsp3) is 0.308. The first-order valence-electron chi connectivity index (χ1n) is 5.48. The average molecular weight is 216 g/mol. The topological polar surface area (TPSA) is 38.9 Å². The lowest BCUT2D eigenvalue weighted by Gasteiger charge is -2.40. The highest BCUT2D eigenvalue weighted by molar-refractivity contribution is 5.83. The summed E-state index contributed by atoms with van der Waals surface area (Å²) in [6.07, 6.45) is 2.56. The van der Waals surface area contributed by atoms with E-state index in [-0.39, 0.29) is 6.04 Å². The van der Waals surface area contributed by atoms with Crippen molar-refractivity contribution in [3.05, 3.63) is 42.1 Å². The van der Waals surface area contributed by atoms with E-state index in [4.69, 9.17) is 5.73 Å². The zero-order chi connectivity index (χ0) is 11.2. The van der Waals surface area contributed by atoms with Crippen LogP contribution in [-0.2, 0) is 5.67 Å². The molecule has 1 saturated carbocycles. The Morgan fingerprint density at radius 1 is 1.25 bits per heavy atom. The summed E-state index contributed by atoms with van der Waals surface area (Å²) in [4.78, 5) is 4.23.